The minimum Gasteiger partial charge on any atom is -0.462 e. The van der Waals surface area contributed by atoms with Gasteiger partial charge in [-0.15, -0.1) is 11.3 Å². The topological polar surface area (TPSA) is 107 Å². The SMILES string of the molecule is CN1CCN(CCOc2nc(F)cc(NC3=CCC4C(=N3)C=Cc3sc5c(c34)NCCNC5=O)n2)CC1. The number of amides is 1. The predicted molar refractivity (Wildman–Crippen MR) is 142 cm³/mol. The summed E-state index contributed by atoms with van der Waals surface area (Å²) in [6, 6.07) is 1.24. The van der Waals surface area contributed by atoms with E-state index in [2.05, 4.69) is 42.8 Å². The van der Waals surface area contributed by atoms with Crippen molar-refractivity contribution in [1.29, 1.82) is 0 Å². The van der Waals surface area contributed by atoms with Crippen LogP contribution in [0.2, 0.25) is 0 Å². The smallest absolute Gasteiger partial charge is 0.321 e. The number of hydrogen-bond acceptors (Lipinski definition) is 10. The molecule has 12 heteroatoms. The summed E-state index contributed by atoms with van der Waals surface area (Å²) in [5, 5.41) is 9.47. The molecule has 194 valence electrons. The van der Waals surface area contributed by atoms with Crippen molar-refractivity contribution in [3.8, 4) is 6.01 Å². The van der Waals surface area contributed by atoms with Crippen molar-refractivity contribution in [3.63, 3.8) is 0 Å². The number of fused-ring (bicyclic) bond motifs is 5. The minimum atomic E-state index is -0.665. The number of likely N-dealkylation sites (N-methyl/N-ethyl adjacent to an activating group) is 1. The number of aliphatic imine (C=N–C) groups is 1. The molecule has 3 aliphatic heterocycles. The summed E-state index contributed by atoms with van der Waals surface area (Å²) in [5.41, 5.74) is 2.93. The number of aromatic nitrogens is 2. The molecule has 0 radical (unpaired) electrons. The molecule has 2 aromatic rings. The normalized spacial score (nSPS) is 21.5. The fourth-order valence-corrected chi connectivity index (χ4v) is 6.14. The highest BCUT2D eigenvalue weighted by molar-refractivity contribution is 7.15. The van der Waals surface area contributed by atoms with Crippen molar-refractivity contribution in [2.45, 2.75) is 12.3 Å². The zero-order valence-corrected chi connectivity index (χ0v) is 21.4. The Morgan fingerprint density at radius 3 is 2.89 bits per heavy atom. The molecule has 1 unspecified atom stereocenters. The number of nitrogens with one attached hydrogen (secondary N) is 3. The third-order valence-corrected chi connectivity index (χ3v) is 8.13. The monoisotopic (exact) mass is 524 g/mol. The molecule has 3 N–H and O–H groups in total. The highest BCUT2D eigenvalue weighted by Gasteiger charge is 2.33. The van der Waals surface area contributed by atoms with Gasteiger partial charge in [0.2, 0.25) is 5.95 Å². The first kappa shape index (κ1) is 24.0. The van der Waals surface area contributed by atoms with E-state index in [1.54, 1.807) is 0 Å². The zero-order valence-electron chi connectivity index (χ0n) is 20.6. The van der Waals surface area contributed by atoms with Crippen LogP contribution < -0.4 is 20.7 Å². The lowest BCUT2D eigenvalue weighted by atomic mass is 9.84. The van der Waals surface area contributed by atoms with E-state index in [1.165, 1.54) is 17.4 Å². The van der Waals surface area contributed by atoms with E-state index in [0.717, 1.165) is 59.4 Å². The molecule has 1 fully saturated rings. The number of piperazine rings is 1. The average Bonchev–Trinajstić information content (AvgIpc) is 3.17. The molecule has 5 heterocycles. The third kappa shape index (κ3) is 5.09. The Labute approximate surface area is 218 Å². The Hall–Kier alpha value is -3.35. The number of rotatable bonds is 6. The summed E-state index contributed by atoms with van der Waals surface area (Å²) in [5.74, 6) is 0.237. The number of ether oxygens (including phenoxy) is 1. The van der Waals surface area contributed by atoms with E-state index in [4.69, 9.17) is 9.73 Å². The largest absolute Gasteiger partial charge is 0.462 e. The standard InChI is InChI=1S/C25H29FN8O2S/c1-33-8-10-34(11-9-33)12-13-36-25-30-18(26)14-20(32-25)31-19-5-2-15-16(29-19)3-4-17-21(15)22-23(37-17)24(35)28-7-6-27-22/h3-5,14-15,27H,2,6-13H2,1H3,(H,28,35)(H,30,31,32). The van der Waals surface area contributed by atoms with Crippen LogP contribution in [-0.4, -0.2) is 90.9 Å². The van der Waals surface area contributed by atoms with Gasteiger partial charge in [0.1, 0.15) is 23.1 Å². The summed E-state index contributed by atoms with van der Waals surface area (Å²) in [6.45, 7) is 6.45. The van der Waals surface area contributed by atoms with Gasteiger partial charge in [-0.25, -0.2) is 4.99 Å². The number of carbonyl (C=O) groups excluding carboxylic acids is 1. The number of thiophene rings is 1. The highest BCUT2D eigenvalue weighted by Crippen LogP contribution is 2.45. The van der Waals surface area contributed by atoms with Crippen molar-refractivity contribution in [1.82, 2.24) is 25.1 Å². The van der Waals surface area contributed by atoms with Gasteiger partial charge in [-0.3, -0.25) is 9.69 Å². The number of nitrogens with zero attached hydrogens (tertiary/aromatic N) is 5. The van der Waals surface area contributed by atoms with Crippen molar-refractivity contribution in [3.05, 3.63) is 45.3 Å². The zero-order chi connectivity index (χ0) is 25.4. The molecule has 1 amide bonds. The van der Waals surface area contributed by atoms with Crippen LogP contribution in [-0.2, 0) is 0 Å². The lowest BCUT2D eigenvalue weighted by Gasteiger charge is -2.32. The average molecular weight is 525 g/mol. The van der Waals surface area contributed by atoms with Crippen LogP contribution in [0.15, 0.2) is 29.0 Å². The Morgan fingerprint density at radius 2 is 2.03 bits per heavy atom. The van der Waals surface area contributed by atoms with Crippen LogP contribution in [0.5, 0.6) is 6.01 Å². The van der Waals surface area contributed by atoms with Gasteiger partial charge >= 0.3 is 6.01 Å². The summed E-state index contributed by atoms with van der Waals surface area (Å²) in [7, 11) is 2.12. The van der Waals surface area contributed by atoms with E-state index in [1.807, 2.05) is 18.2 Å². The molecule has 4 aliphatic rings. The Morgan fingerprint density at radius 1 is 1.19 bits per heavy atom. The van der Waals surface area contributed by atoms with Crippen LogP contribution in [0.25, 0.3) is 6.08 Å². The van der Waals surface area contributed by atoms with Crippen molar-refractivity contribution in [2.75, 3.05) is 70.1 Å². The van der Waals surface area contributed by atoms with Crippen LogP contribution in [0.3, 0.4) is 0 Å². The lowest BCUT2D eigenvalue weighted by Crippen LogP contribution is -2.45. The molecule has 10 nitrogen and oxygen atoms in total. The Bertz CT molecular complexity index is 1300. The summed E-state index contributed by atoms with van der Waals surface area (Å²) < 4.78 is 19.9. The third-order valence-electron chi connectivity index (χ3n) is 6.96. The second-order valence-electron chi connectivity index (χ2n) is 9.49. The molecule has 1 aliphatic carbocycles. The van der Waals surface area contributed by atoms with E-state index in [-0.39, 0.29) is 17.8 Å². The van der Waals surface area contributed by atoms with Crippen LogP contribution >= 0.6 is 11.3 Å². The van der Waals surface area contributed by atoms with E-state index < -0.39 is 5.95 Å². The number of hydrogen-bond donors (Lipinski definition) is 3. The fourth-order valence-electron chi connectivity index (χ4n) is 4.98. The maximum absolute atomic E-state index is 14.2. The van der Waals surface area contributed by atoms with E-state index >= 15 is 0 Å². The number of halogens is 1. The second kappa shape index (κ2) is 10.2. The van der Waals surface area contributed by atoms with Gasteiger partial charge in [0.05, 0.1) is 11.4 Å². The van der Waals surface area contributed by atoms with Gasteiger partial charge in [0.15, 0.2) is 0 Å². The predicted octanol–water partition coefficient (Wildman–Crippen LogP) is 2.37. The lowest BCUT2D eigenvalue weighted by molar-refractivity contribution is 0.0962. The van der Waals surface area contributed by atoms with Crippen LogP contribution in [0, 0.1) is 5.95 Å². The first-order chi connectivity index (χ1) is 18.0. The van der Waals surface area contributed by atoms with Gasteiger partial charge < -0.3 is 25.6 Å². The molecular weight excluding hydrogens is 495 g/mol. The summed E-state index contributed by atoms with van der Waals surface area (Å²) in [4.78, 5) is 31.8. The van der Waals surface area contributed by atoms with Crippen molar-refractivity contribution < 1.29 is 13.9 Å². The number of carbonyl (C=O) groups is 1. The molecule has 2 aromatic heterocycles. The first-order valence-electron chi connectivity index (χ1n) is 12.5. The Kier molecular flexibility index (Phi) is 6.61. The van der Waals surface area contributed by atoms with Gasteiger partial charge in [0, 0.05) is 68.2 Å². The molecule has 1 saturated heterocycles. The van der Waals surface area contributed by atoms with Gasteiger partial charge in [-0.1, -0.05) is 0 Å². The van der Waals surface area contributed by atoms with Gasteiger partial charge in [0.25, 0.3) is 5.91 Å². The molecular formula is C25H29FN8O2S. The molecule has 0 aromatic carbocycles. The number of anilines is 2. The molecule has 0 spiro atoms. The van der Waals surface area contributed by atoms with Gasteiger partial charge in [-0.2, -0.15) is 14.4 Å². The Balaban J connectivity index is 1.13. The molecule has 1 atom stereocenters. The summed E-state index contributed by atoms with van der Waals surface area (Å²) >= 11 is 1.51. The number of allylic oxidation sites excluding steroid dienone is 2. The van der Waals surface area contributed by atoms with E-state index in [0.29, 0.717) is 37.8 Å². The molecule has 6 rings (SSSR count). The first-order valence-corrected chi connectivity index (χ1v) is 13.4. The maximum Gasteiger partial charge on any atom is 0.321 e. The van der Waals surface area contributed by atoms with Crippen molar-refractivity contribution in [2.24, 2.45) is 4.99 Å². The molecule has 37 heavy (non-hydrogen) atoms. The molecule has 0 saturated carbocycles. The second-order valence-corrected chi connectivity index (χ2v) is 10.5. The van der Waals surface area contributed by atoms with Crippen LogP contribution in [0.4, 0.5) is 15.9 Å². The van der Waals surface area contributed by atoms with E-state index in [9.17, 15) is 9.18 Å². The van der Waals surface area contributed by atoms with Crippen molar-refractivity contribution >= 4 is 40.5 Å². The van der Waals surface area contributed by atoms with Gasteiger partial charge in [-0.05, 0) is 31.7 Å². The molecule has 0 bridgehead atoms. The summed E-state index contributed by atoms with van der Waals surface area (Å²) in [6.07, 6.45) is 6.68. The van der Waals surface area contributed by atoms with Crippen LogP contribution in [0.1, 0.15) is 32.5 Å². The quantitative estimate of drug-likeness (QED) is 0.495. The minimum absolute atomic E-state index is 0.00564. The fraction of sp³-hybridized carbons (Fsp3) is 0.440. The highest BCUT2D eigenvalue weighted by atomic mass is 32.1. The maximum atomic E-state index is 14.2.